The van der Waals surface area contributed by atoms with Gasteiger partial charge in [-0.25, -0.2) is 0 Å². The number of nitrogens with zero attached hydrogens (tertiary/aromatic N) is 4. The highest BCUT2D eigenvalue weighted by molar-refractivity contribution is 6.30. The third-order valence-corrected chi connectivity index (χ3v) is 4.67. The van der Waals surface area contributed by atoms with Crippen LogP contribution in [0.5, 0.6) is 11.5 Å². The van der Waals surface area contributed by atoms with Gasteiger partial charge in [-0.3, -0.25) is 29.7 Å². The van der Waals surface area contributed by atoms with Gasteiger partial charge in [0.15, 0.2) is 0 Å². The lowest BCUT2D eigenvalue weighted by Crippen LogP contribution is -2.15. The van der Waals surface area contributed by atoms with Crippen LogP contribution < -0.4 is 10.1 Å². The molecule has 0 unspecified atom stereocenters. The summed E-state index contributed by atoms with van der Waals surface area (Å²) in [4.78, 5) is 33.4. The molecule has 0 saturated carbocycles. The van der Waals surface area contributed by atoms with Crippen molar-refractivity contribution in [3.05, 3.63) is 79.1 Å². The molecule has 1 aromatic heterocycles. The van der Waals surface area contributed by atoms with E-state index in [2.05, 4.69) is 10.4 Å². The van der Waals surface area contributed by atoms with Gasteiger partial charge in [0.25, 0.3) is 5.69 Å². The van der Waals surface area contributed by atoms with Crippen LogP contribution in [0.4, 0.5) is 17.1 Å². The number of carbonyl (C=O) groups excluding carboxylic acids is 1. The molecule has 1 amide bonds. The second-order valence-corrected chi connectivity index (χ2v) is 7.34. The van der Waals surface area contributed by atoms with Gasteiger partial charge in [-0.2, -0.15) is 5.10 Å². The number of halogens is 1. The number of carbonyl (C=O) groups is 1. The SMILES string of the molecule is Cc1cc(Cl)ccc1Oc1cc(NC(=O)CCn2cc([N+](=O)[O-])c(C)n2)cc([N+](=O)[O-])c1. The van der Waals surface area contributed by atoms with E-state index in [1.807, 2.05) is 0 Å². The van der Waals surface area contributed by atoms with E-state index < -0.39 is 15.8 Å². The van der Waals surface area contributed by atoms with Gasteiger partial charge in [-0.15, -0.1) is 0 Å². The Bertz CT molecular complexity index is 1210. The molecule has 0 atom stereocenters. The Morgan fingerprint density at radius 3 is 2.53 bits per heavy atom. The number of nitrogens with one attached hydrogen (secondary N) is 1. The van der Waals surface area contributed by atoms with Crippen molar-refractivity contribution in [2.75, 3.05) is 5.32 Å². The van der Waals surface area contributed by atoms with Gasteiger partial charge in [0.1, 0.15) is 23.4 Å². The Morgan fingerprint density at radius 1 is 1.16 bits per heavy atom. The number of ether oxygens (including phenoxy) is 1. The highest BCUT2D eigenvalue weighted by atomic mass is 35.5. The number of amides is 1. The quantitative estimate of drug-likeness (QED) is 0.376. The molecule has 0 aliphatic carbocycles. The van der Waals surface area contributed by atoms with E-state index in [-0.39, 0.29) is 41.5 Å². The number of nitro benzene ring substituents is 1. The van der Waals surface area contributed by atoms with Crippen LogP contribution in [-0.2, 0) is 11.3 Å². The van der Waals surface area contributed by atoms with Gasteiger partial charge in [-0.1, -0.05) is 11.6 Å². The number of anilines is 1. The zero-order valence-electron chi connectivity index (χ0n) is 17.1. The Hall–Kier alpha value is -3.99. The minimum Gasteiger partial charge on any atom is -0.457 e. The smallest absolute Gasteiger partial charge is 0.309 e. The zero-order chi connectivity index (χ0) is 23.4. The van der Waals surface area contributed by atoms with E-state index in [1.165, 1.54) is 36.0 Å². The molecule has 2 aromatic carbocycles. The molecule has 11 nitrogen and oxygen atoms in total. The number of aryl methyl sites for hydroxylation is 3. The van der Waals surface area contributed by atoms with Crippen molar-refractivity contribution in [3.8, 4) is 11.5 Å². The lowest BCUT2D eigenvalue weighted by Gasteiger charge is -2.11. The molecule has 0 fully saturated rings. The van der Waals surface area contributed by atoms with Crippen LogP contribution in [0.15, 0.2) is 42.6 Å². The van der Waals surface area contributed by atoms with Crippen LogP contribution in [0.1, 0.15) is 17.7 Å². The summed E-state index contributed by atoms with van der Waals surface area (Å²) in [7, 11) is 0. The summed E-state index contributed by atoms with van der Waals surface area (Å²) in [5.41, 5.74) is 0.756. The van der Waals surface area contributed by atoms with E-state index in [4.69, 9.17) is 16.3 Å². The summed E-state index contributed by atoms with van der Waals surface area (Å²) in [5, 5.41) is 29.3. The fourth-order valence-corrected chi connectivity index (χ4v) is 3.14. The van der Waals surface area contributed by atoms with Crippen LogP contribution in [0.2, 0.25) is 5.02 Å². The summed E-state index contributed by atoms with van der Waals surface area (Å²) in [6.45, 7) is 3.38. The zero-order valence-corrected chi connectivity index (χ0v) is 17.8. The van der Waals surface area contributed by atoms with E-state index in [0.717, 1.165) is 5.56 Å². The average Bonchev–Trinajstić information content (AvgIpc) is 3.09. The van der Waals surface area contributed by atoms with Crippen molar-refractivity contribution in [2.24, 2.45) is 0 Å². The largest absolute Gasteiger partial charge is 0.457 e. The lowest BCUT2D eigenvalue weighted by atomic mass is 10.2. The first-order chi connectivity index (χ1) is 15.1. The van der Waals surface area contributed by atoms with Gasteiger partial charge in [-0.05, 0) is 37.6 Å². The number of hydrogen-bond acceptors (Lipinski definition) is 7. The normalized spacial score (nSPS) is 10.6. The lowest BCUT2D eigenvalue weighted by molar-refractivity contribution is -0.385. The van der Waals surface area contributed by atoms with Crippen molar-refractivity contribution in [1.82, 2.24) is 9.78 Å². The summed E-state index contributed by atoms with van der Waals surface area (Å²) in [6, 6.07) is 8.88. The summed E-state index contributed by atoms with van der Waals surface area (Å²) >= 11 is 5.94. The third kappa shape index (κ3) is 5.58. The minimum absolute atomic E-state index is 0.0482. The monoisotopic (exact) mass is 459 g/mol. The summed E-state index contributed by atoms with van der Waals surface area (Å²) < 4.78 is 7.06. The molecular weight excluding hydrogens is 442 g/mol. The average molecular weight is 460 g/mol. The molecule has 3 rings (SSSR count). The fourth-order valence-electron chi connectivity index (χ4n) is 2.91. The second-order valence-electron chi connectivity index (χ2n) is 6.90. The molecule has 32 heavy (non-hydrogen) atoms. The topological polar surface area (TPSA) is 142 Å². The fraction of sp³-hybridized carbons (Fsp3) is 0.200. The number of benzene rings is 2. The van der Waals surface area contributed by atoms with Gasteiger partial charge in [0.2, 0.25) is 5.91 Å². The predicted octanol–water partition coefficient (Wildman–Crippen LogP) is 4.79. The second kappa shape index (κ2) is 9.43. The van der Waals surface area contributed by atoms with E-state index in [9.17, 15) is 25.0 Å². The highest BCUT2D eigenvalue weighted by Crippen LogP contribution is 2.32. The Labute approximate surface area is 186 Å². The van der Waals surface area contributed by atoms with Crippen molar-refractivity contribution in [2.45, 2.75) is 26.8 Å². The van der Waals surface area contributed by atoms with Gasteiger partial charge >= 0.3 is 5.69 Å². The molecule has 0 aliphatic heterocycles. The van der Waals surface area contributed by atoms with Crippen molar-refractivity contribution >= 4 is 34.6 Å². The molecular formula is C20H18ClN5O6. The van der Waals surface area contributed by atoms with Crippen LogP contribution in [-0.4, -0.2) is 25.5 Å². The maximum Gasteiger partial charge on any atom is 0.309 e. The van der Waals surface area contributed by atoms with Crippen molar-refractivity contribution < 1.29 is 19.4 Å². The number of non-ortho nitro benzene ring substituents is 1. The third-order valence-electron chi connectivity index (χ3n) is 4.44. The number of hydrogen-bond donors (Lipinski definition) is 1. The molecule has 166 valence electrons. The molecule has 3 aromatic rings. The molecule has 0 radical (unpaired) electrons. The van der Waals surface area contributed by atoms with Gasteiger partial charge in [0.05, 0.1) is 21.6 Å². The number of rotatable bonds is 8. The minimum atomic E-state index is -0.594. The first kappa shape index (κ1) is 22.7. The molecule has 1 heterocycles. The standard InChI is InChI=1S/C20H18ClN5O6/c1-12-7-14(21)3-4-19(12)32-17-9-15(8-16(10-17)25(28)29)22-20(27)5-6-24-11-18(26(30)31)13(2)23-24/h3-4,7-11H,5-6H2,1-2H3,(H,22,27). The van der Waals surface area contributed by atoms with Crippen molar-refractivity contribution in [1.29, 1.82) is 0 Å². The van der Waals surface area contributed by atoms with E-state index >= 15 is 0 Å². The predicted molar refractivity (Wildman–Crippen MR) is 116 cm³/mol. The number of nitro groups is 2. The van der Waals surface area contributed by atoms with Crippen LogP contribution in [0.3, 0.4) is 0 Å². The maximum absolute atomic E-state index is 12.3. The van der Waals surface area contributed by atoms with Crippen LogP contribution >= 0.6 is 11.6 Å². The molecule has 0 bridgehead atoms. The van der Waals surface area contributed by atoms with Gasteiger partial charge in [0, 0.05) is 30.1 Å². The van der Waals surface area contributed by atoms with E-state index in [1.54, 1.807) is 25.1 Å². The molecule has 12 heteroatoms. The van der Waals surface area contributed by atoms with Crippen LogP contribution in [0, 0.1) is 34.1 Å². The van der Waals surface area contributed by atoms with Crippen LogP contribution in [0.25, 0.3) is 0 Å². The molecule has 0 spiro atoms. The molecule has 1 N–H and O–H groups in total. The Kier molecular flexibility index (Phi) is 6.69. The first-order valence-corrected chi connectivity index (χ1v) is 9.72. The summed E-state index contributed by atoms with van der Waals surface area (Å²) in [5.74, 6) is 0.177. The maximum atomic E-state index is 12.3. The number of aromatic nitrogens is 2. The Morgan fingerprint density at radius 2 is 1.91 bits per heavy atom. The highest BCUT2D eigenvalue weighted by Gasteiger charge is 2.17. The van der Waals surface area contributed by atoms with Gasteiger partial charge < -0.3 is 10.1 Å². The van der Waals surface area contributed by atoms with Crippen molar-refractivity contribution in [3.63, 3.8) is 0 Å². The Balaban J connectivity index is 1.73. The molecule has 0 aliphatic rings. The summed E-state index contributed by atoms with van der Waals surface area (Å²) in [6.07, 6.45) is 1.20. The molecule has 0 saturated heterocycles. The van der Waals surface area contributed by atoms with E-state index in [0.29, 0.717) is 10.8 Å². The first-order valence-electron chi connectivity index (χ1n) is 9.34.